The van der Waals surface area contributed by atoms with Crippen LogP contribution in [0.2, 0.25) is 0 Å². The fourth-order valence-electron chi connectivity index (χ4n) is 1.34. The average molecular weight is 222 g/mol. The third-order valence-corrected chi connectivity index (χ3v) is 2.20. The van der Waals surface area contributed by atoms with Gasteiger partial charge in [-0.3, -0.25) is 4.79 Å². The fourth-order valence-corrected chi connectivity index (χ4v) is 1.34. The molecule has 0 amide bonds. The molecule has 3 N–H and O–H groups in total. The van der Waals surface area contributed by atoms with Crippen LogP contribution >= 0.6 is 0 Å². The molecule has 3 nitrogen and oxygen atoms in total. The Balaban J connectivity index is 2.56. The molecule has 1 aromatic heterocycles. The van der Waals surface area contributed by atoms with Crippen molar-refractivity contribution in [2.75, 3.05) is 5.73 Å². The molecule has 1 heterocycles. The highest BCUT2D eigenvalue weighted by Gasteiger charge is 2.08. The highest BCUT2D eigenvalue weighted by Crippen LogP contribution is 2.24. The number of hydrogen-bond donors (Lipinski definition) is 2. The normalized spacial score (nSPS) is 10.4. The minimum atomic E-state index is -0.818. The Kier molecular flexibility index (Phi) is 2.44. The van der Waals surface area contributed by atoms with Gasteiger partial charge in [0.25, 0.3) is 0 Å². The number of nitrogens with one attached hydrogen (secondary N) is 1. The van der Waals surface area contributed by atoms with E-state index in [4.69, 9.17) is 5.73 Å². The summed E-state index contributed by atoms with van der Waals surface area (Å²) in [5.41, 5.74) is 5.19. The lowest BCUT2D eigenvalue weighted by molar-refractivity contribution is 0.592. The molecule has 1 aromatic carbocycles. The molecule has 0 spiro atoms. The summed E-state index contributed by atoms with van der Waals surface area (Å²) >= 11 is 0. The van der Waals surface area contributed by atoms with Crippen molar-refractivity contribution in [2.24, 2.45) is 0 Å². The second kappa shape index (κ2) is 3.77. The van der Waals surface area contributed by atoms with Crippen LogP contribution in [-0.2, 0) is 0 Å². The third-order valence-electron chi connectivity index (χ3n) is 2.20. The molecule has 0 aliphatic heterocycles. The van der Waals surface area contributed by atoms with E-state index < -0.39 is 17.3 Å². The predicted octanol–water partition coefficient (Wildman–Crippen LogP) is 1.90. The summed E-state index contributed by atoms with van der Waals surface area (Å²) in [6, 6.07) is 4.99. The summed E-state index contributed by atoms with van der Waals surface area (Å²) < 4.78 is 26.3. The van der Waals surface area contributed by atoms with Crippen molar-refractivity contribution in [3.05, 3.63) is 52.5 Å². The van der Waals surface area contributed by atoms with Crippen molar-refractivity contribution in [1.82, 2.24) is 4.98 Å². The molecule has 0 radical (unpaired) electrons. The third kappa shape index (κ3) is 1.79. The van der Waals surface area contributed by atoms with Crippen LogP contribution in [0, 0.1) is 11.6 Å². The number of nitrogen functional groups attached to an aromatic ring is 1. The van der Waals surface area contributed by atoms with Crippen LogP contribution in [0.25, 0.3) is 11.1 Å². The van der Waals surface area contributed by atoms with Crippen LogP contribution in [0.1, 0.15) is 0 Å². The second-order valence-electron chi connectivity index (χ2n) is 3.30. The minimum Gasteiger partial charge on any atom is -0.394 e. The molecule has 0 atom stereocenters. The monoisotopic (exact) mass is 222 g/mol. The SMILES string of the molecule is Nc1c(F)cc(-c2ccc(=O)[nH]c2)cc1F. The number of anilines is 1. The number of hydrogen-bond acceptors (Lipinski definition) is 2. The minimum absolute atomic E-state index is 0.278. The zero-order valence-corrected chi connectivity index (χ0v) is 8.13. The summed E-state index contributed by atoms with van der Waals surface area (Å²) in [6.45, 7) is 0. The largest absolute Gasteiger partial charge is 0.394 e. The van der Waals surface area contributed by atoms with E-state index in [2.05, 4.69) is 4.98 Å². The number of H-pyrrole nitrogens is 1. The molecular formula is C11H8F2N2O. The first-order chi connectivity index (χ1) is 7.58. The van der Waals surface area contributed by atoms with E-state index in [1.54, 1.807) is 0 Å². The maximum Gasteiger partial charge on any atom is 0.247 e. The van der Waals surface area contributed by atoms with E-state index in [9.17, 15) is 13.6 Å². The van der Waals surface area contributed by atoms with Gasteiger partial charge in [-0.25, -0.2) is 8.78 Å². The Morgan fingerprint density at radius 1 is 1.06 bits per heavy atom. The van der Waals surface area contributed by atoms with Crippen molar-refractivity contribution in [3.8, 4) is 11.1 Å². The van der Waals surface area contributed by atoms with Gasteiger partial charge in [0, 0.05) is 12.3 Å². The summed E-state index contributed by atoms with van der Waals surface area (Å²) in [7, 11) is 0. The zero-order chi connectivity index (χ0) is 11.7. The van der Waals surface area contributed by atoms with Crippen LogP contribution < -0.4 is 11.3 Å². The van der Waals surface area contributed by atoms with E-state index in [0.717, 1.165) is 12.1 Å². The van der Waals surface area contributed by atoms with E-state index in [1.165, 1.54) is 18.3 Å². The van der Waals surface area contributed by atoms with Crippen molar-refractivity contribution in [3.63, 3.8) is 0 Å². The van der Waals surface area contributed by atoms with Crippen molar-refractivity contribution in [1.29, 1.82) is 0 Å². The lowest BCUT2D eigenvalue weighted by Crippen LogP contribution is -2.02. The first-order valence-electron chi connectivity index (χ1n) is 4.51. The van der Waals surface area contributed by atoms with E-state index in [0.29, 0.717) is 11.1 Å². The quantitative estimate of drug-likeness (QED) is 0.724. The van der Waals surface area contributed by atoms with Crippen LogP contribution in [0.4, 0.5) is 14.5 Å². The molecule has 2 rings (SSSR count). The van der Waals surface area contributed by atoms with Crippen molar-refractivity contribution in [2.45, 2.75) is 0 Å². The number of pyridine rings is 1. The summed E-state index contributed by atoms with van der Waals surface area (Å²) in [4.78, 5) is 13.2. The number of aromatic nitrogens is 1. The predicted molar refractivity (Wildman–Crippen MR) is 56.8 cm³/mol. The molecule has 0 saturated heterocycles. The number of benzene rings is 1. The molecule has 0 fully saturated rings. The van der Waals surface area contributed by atoms with Crippen molar-refractivity contribution >= 4 is 5.69 Å². The topological polar surface area (TPSA) is 58.9 Å². The summed E-state index contributed by atoms with van der Waals surface area (Å²) in [5.74, 6) is -1.64. The van der Waals surface area contributed by atoms with Crippen LogP contribution in [0.3, 0.4) is 0 Å². The molecule has 0 bridgehead atoms. The van der Waals surface area contributed by atoms with Crippen LogP contribution in [-0.4, -0.2) is 4.98 Å². The molecule has 16 heavy (non-hydrogen) atoms. The Bertz CT molecular complexity index is 549. The number of halogens is 2. The van der Waals surface area contributed by atoms with Gasteiger partial charge in [-0.1, -0.05) is 0 Å². The Morgan fingerprint density at radius 2 is 1.69 bits per heavy atom. The molecule has 2 aromatic rings. The van der Waals surface area contributed by atoms with Gasteiger partial charge >= 0.3 is 0 Å². The van der Waals surface area contributed by atoms with E-state index >= 15 is 0 Å². The van der Waals surface area contributed by atoms with Gasteiger partial charge in [0.05, 0.1) is 0 Å². The molecule has 0 aliphatic carbocycles. The average Bonchev–Trinajstić information content (AvgIpc) is 2.26. The Labute approximate surface area is 89.5 Å². The van der Waals surface area contributed by atoms with E-state index in [-0.39, 0.29) is 5.56 Å². The zero-order valence-electron chi connectivity index (χ0n) is 8.13. The van der Waals surface area contributed by atoms with Gasteiger partial charge in [-0.2, -0.15) is 0 Å². The lowest BCUT2D eigenvalue weighted by atomic mass is 10.1. The van der Waals surface area contributed by atoms with Gasteiger partial charge in [-0.05, 0) is 29.3 Å². The van der Waals surface area contributed by atoms with Crippen molar-refractivity contribution < 1.29 is 8.78 Å². The van der Waals surface area contributed by atoms with Gasteiger partial charge in [0.1, 0.15) is 17.3 Å². The lowest BCUT2D eigenvalue weighted by Gasteiger charge is -2.04. The smallest absolute Gasteiger partial charge is 0.247 e. The molecule has 5 heteroatoms. The molecular weight excluding hydrogens is 214 g/mol. The second-order valence-corrected chi connectivity index (χ2v) is 3.30. The summed E-state index contributed by atoms with van der Waals surface area (Å²) in [5, 5.41) is 0. The Morgan fingerprint density at radius 3 is 2.19 bits per heavy atom. The maximum atomic E-state index is 13.2. The van der Waals surface area contributed by atoms with Gasteiger partial charge < -0.3 is 10.7 Å². The molecule has 0 aliphatic rings. The van der Waals surface area contributed by atoms with Gasteiger partial charge in [0.2, 0.25) is 5.56 Å². The fraction of sp³-hybridized carbons (Fsp3) is 0. The van der Waals surface area contributed by atoms with Gasteiger partial charge in [0.15, 0.2) is 0 Å². The highest BCUT2D eigenvalue weighted by molar-refractivity contribution is 5.65. The first-order valence-corrected chi connectivity index (χ1v) is 4.51. The number of nitrogens with two attached hydrogens (primary N) is 1. The maximum absolute atomic E-state index is 13.2. The standard InChI is InChI=1S/C11H8F2N2O/c12-8-3-7(4-9(13)11(8)14)6-1-2-10(16)15-5-6/h1-5H,14H2,(H,15,16). The molecule has 0 saturated carbocycles. The molecule has 0 unspecified atom stereocenters. The first kappa shape index (κ1) is 10.4. The Hall–Kier alpha value is -2.17. The number of aromatic amines is 1. The van der Waals surface area contributed by atoms with Crippen LogP contribution in [0.15, 0.2) is 35.3 Å². The van der Waals surface area contributed by atoms with Gasteiger partial charge in [-0.15, -0.1) is 0 Å². The van der Waals surface area contributed by atoms with Crippen LogP contribution in [0.5, 0.6) is 0 Å². The highest BCUT2D eigenvalue weighted by atomic mass is 19.1. The number of rotatable bonds is 1. The summed E-state index contributed by atoms with van der Waals surface area (Å²) in [6.07, 6.45) is 1.38. The van der Waals surface area contributed by atoms with E-state index in [1.807, 2.05) is 0 Å². The molecule has 82 valence electrons.